The first-order valence-corrected chi connectivity index (χ1v) is 7.66. The van der Waals surface area contributed by atoms with Crippen molar-refractivity contribution in [3.8, 4) is 5.75 Å². The van der Waals surface area contributed by atoms with Crippen LogP contribution in [-0.2, 0) is 13.0 Å². The third-order valence-corrected chi connectivity index (χ3v) is 4.37. The molecule has 1 fully saturated rings. The topological polar surface area (TPSA) is 49.5 Å². The van der Waals surface area contributed by atoms with Crippen LogP contribution in [0, 0.1) is 6.92 Å². The van der Waals surface area contributed by atoms with Gasteiger partial charge in [-0.15, -0.1) is 0 Å². The van der Waals surface area contributed by atoms with Gasteiger partial charge in [-0.3, -0.25) is 4.90 Å². The normalized spacial score (nSPS) is 19.2. The summed E-state index contributed by atoms with van der Waals surface area (Å²) in [6, 6.07) is 7.93. The molecule has 1 atom stereocenters. The Kier molecular flexibility index (Phi) is 3.97. The molecule has 112 valence electrons. The smallest absolute Gasteiger partial charge is 0.141 e. The van der Waals surface area contributed by atoms with Gasteiger partial charge in [-0.05, 0) is 32.4 Å². The average Bonchev–Trinajstić information content (AvgIpc) is 3.07. The molecule has 21 heavy (non-hydrogen) atoms. The number of hydrogen-bond donors (Lipinski definition) is 1. The highest BCUT2D eigenvalue weighted by Crippen LogP contribution is 2.37. The average molecular weight is 286 g/mol. The molecule has 4 heteroatoms. The van der Waals surface area contributed by atoms with Crippen LogP contribution in [0.15, 0.2) is 28.8 Å². The number of phenols is 1. The maximum absolute atomic E-state index is 9.99. The number of para-hydroxylation sites is 1. The van der Waals surface area contributed by atoms with E-state index in [0.717, 1.165) is 42.9 Å². The van der Waals surface area contributed by atoms with Crippen molar-refractivity contribution in [3.05, 3.63) is 46.8 Å². The molecule has 1 aromatic carbocycles. The Morgan fingerprint density at radius 1 is 1.38 bits per heavy atom. The molecule has 4 nitrogen and oxygen atoms in total. The molecule has 1 saturated heterocycles. The Labute approximate surface area is 125 Å². The lowest BCUT2D eigenvalue weighted by molar-refractivity contribution is 0.242. The standard InChI is InChI=1S/C17H22N2O2/c1-3-16-17(12(2)18-21-16)14-8-6-10-19(14)11-13-7-4-5-9-15(13)20/h4-5,7,9,14,20H,3,6,8,10-11H2,1-2H3/t14-/m1/s1. The first-order chi connectivity index (χ1) is 10.2. The molecule has 2 aromatic rings. The van der Waals surface area contributed by atoms with Crippen LogP contribution in [0.3, 0.4) is 0 Å². The van der Waals surface area contributed by atoms with Gasteiger partial charge in [0.2, 0.25) is 0 Å². The molecule has 0 spiro atoms. The zero-order valence-corrected chi connectivity index (χ0v) is 12.7. The molecular formula is C17H22N2O2. The summed E-state index contributed by atoms with van der Waals surface area (Å²) in [7, 11) is 0. The molecule has 2 heterocycles. The number of phenolic OH excluding ortho intramolecular Hbond substituents is 1. The van der Waals surface area contributed by atoms with Gasteiger partial charge in [0.05, 0.1) is 5.69 Å². The molecule has 1 aliphatic heterocycles. The van der Waals surface area contributed by atoms with Crippen LogP contribution in [0.5, 0.6) is 5.75 Å². The Hall–Kier alpha value is -1.81. The second-order valence-electron chi connectivity index (χ2n) is 5.72. The maximum Gasteiger partial charge on any atom is 0.141 e. The summed E-state index contributed by atoms with van der Waals surface area (Å²) in [5.41, 5.74) is 3.24. The molecule has 0 bridgehead atoms. The number of likely N-dealkylation sites (tertiary alicyclic amines) is 1. The minimum absolute atomic E-state index is 0.353. The van der Waals surface area contributed by atoms with Crippen molar-refractivity contribution in [3.63, 3.8) is 0 Å². The van der Waals surface area contributed by atoms with Gasteiger partial charge < -0.3 is 9.63 Å². The highest BCUT2D eigenvalue weighted by Gasteiger charge is 2.31. The second-order valence-corrected chi connectivity index (χ2v) is 5.72. The van der Waals surface area contributed by atoms with Gasteiger partial charge in [0.25, 0.3) is 0 Å². The van der Waals surface area contributed by atoms with Crippen molar-refractivity contribution < 1.29 is 9.63 Å². The molecule has 0 radical (unpaired) electrons. The predicted molar refractivity (Wildman–Crippen MR) is 81.1 cm³/mol. The lowest BCUT2D eigenvalue weighted by Gasteiger charge is -2.25. The summed E-state index contributed by atoms with van der Waals surface area (Å²) >= 11 is 0. The van der Waals surface area contributed by atoms with E-state index in [9.17, 15) is 5.11 Å². The number of aromatic hydroxyl groups is 1. The fraction of sp³-hybridized carbons (Fsp3) is 0.471. The zero-order chi connectivity index (χ0) is 14.8. The predicted octanol–water partition coefficient (Wildman–Crippen LogP) is 3.59. The number of aryl methyl sites for hydroxylation is 2. The van der Waals surface area contributed by atoms with Crippen molar-refractivity contribution in [2.75, 3.05) is 6.54 Å². The maximum atomic E-state index is 9.99. The molecule has 1 aromatic heterocycles. The zero-order valence-electron chi connectivity index (χ0n) is 12.7. The van der Waals surface area contributed by atoms with Crippen LogP contribution >= 0.6 is 0 Å². The molecule has 1 N–H and O–H groups in total. The molecule has 1 aliphatic rings. The van der Waals surface area contributed by atoms with Crippen LogP contribution in [-0.4, -0.2) is 21.7 Å². The molecule has 3 rings (SSSR count). The van der Waals surface area contributed by atoms with Crippen molar-refractivity contribution >= 4 is 0 Å². The van der Waals surface area contributed by atoms with Crippen LogP contribution in [0.4, 0.5) is 0 Å². The van der Waals surface area contributed by atoms with E-state index in [1.165, 1.54) is 12.0 Å². The van der Waals surface area contributed by atoms with E-state index in [1.807, 2.05) is 25.1 Å². The van der Waals surface area contributed by atoms with E-state index < -0.39 is 0 Å². The van der Waals surface area contributed by atoms with Gasteiger partial charge in [0, 0.05) is 30.1 Å². The lowest BCUT2D eigenvalue weighted by atomic mass is 10.0. The van der Waals surface area contributed by atoms with Crippen LogP contribution in [0.2, 0.25) is 0 Å². The summed E-state index contributed by atoms with van der Waals surface area (Å²) in [5.74, 6) is 1.38. The highest BCUT2D eigenvalue weighted by atomic mass is 16.5. The summed E-state index contributed by atoms with van der Waals surface area (Å²) in [5, 5.41) is 14.1. The minimum atomic E-state index is 0.353. The first kappa shape index (κ1) is 14.1. The van der Waals surface area contributed by atoms with Crippen LogP contribution in [0.1, 0.15) is 48.4 Å². The fourth-order valence-corrected chi connectivity index (χ4v) is 3.31. The number of benzene rings is 1. The van der Waals surface area contributed by atoms with Gasteiger partial charge in [-0.25, -0.2) is 0 Å². The lowest BCUT2D eigenvalue weighted by Crippen LogP contribution is -2.23. The Bertz CT molecular complexity index is 621. The molecular weight excluding hydrogens is 264 g/mol. The summed E-state index contributed by atoms with van der Waals surface area (Å²) in [6.07, 6.45) is 3.17. The van der Waals surface area contributed by atoms with Gasteiger partial charge in [-0.1, -0.05) is 30.3 Å². The molecule has 0 aliphatic carbocycles. The summed E-state index contributed by atoms with van der Waals surface area (Å²) in [6.45, 7) is 5.94. The first-order valence-electron chi connectivity index (χ1n) is 7.66. The van der Waals surface area contributed by atoms with E-state index in [4.69, 9.17) is 4.52 Å². The monoisotopic (exact) mass is 286 g/mol. The van der Waals surface area contributed by atoms with Crippen molar-refractivity contribution in [2.45, 2.75) is 45.7 Å². The van der Waals surface area contributed by atoms with Crippen molar-refractivity contribution in [1.29, 1.82) is 0 Å². The van der Waals surface area contributed by atoms with Crippen molar-refractivity contribution in [1.82, 2.24) is 10.1 Å². The number of hydrogen-bond acceptors (Lipinski definition) is 4. The second kappa shape index (κ2) is 5.90. The van der Waals surface area contributed by atoms with Gasteiger partial charge >= 0.3 is 0 Å². The van der Waals surface area contributed by atoms with E-state index in [1.54, 1.807) is 6.07 Å². The Balaban J connectivity index is 1.86. The van der Waals surface area contributed by atoms with E-state index in [2.05, 4.69) is 17.0 Å². The Morgan fingerprint density at radius 3 is 2.95 bits per heavy atom. The third kappa shape index (κ3) is 2.68. The van der Waals surface area contributed by atoms with Gasteiger partial charge in [0.15, 0.2) is 0 Å². The number of rotatable bonds is 4. The number of aromatic nitrogens is 1. The Morgan fingerprint density at radius 2 is 2.19 bits per heavy atom. The number of nitrogens with zero attached hydrogens (tertiary/aromatic N) is 2. The largest absolute Gasteiger partial charge is 0.508 e. The highest BCUT2D eigenvalue weighted by molar-refractivity contribution is 5.33. The van der Waals surface area contributed by atoms with E-state index >= 15 is 0 Å². The summed E-state index contributed by atoms with van der Waals surface area (Å²) in [4.78, 5) is 2.42. The fourth-order valence-electron chi connectivity index (χ4n) is 3.31. The molecule has 0 amide bonds. The van der Waals surface area contributed by atoms with Crippen LogP contribution < -0.4 is 0 Å². The van der Waals surface area contributed by atoms with E-state index in [-0.39, 0.29) is 0 Å². The molecule has 0 saturated carbocycles. The quantitative estimate of drug-likeness (QED) is 0.933. The van der Waals surface area contributed by atoms with E-state index in [0.29, 0.717) is 11.8 Å². The minimum Gasteiger partial charge on any atom is -0.508 e. The third-order valence-electron chi connectivity index (χ3n) is 4.37. The van der Waals surface area contributed by atoms with Gasteiger partial charge in [-0.2, -0.15) is 0 Å². The van der Waals surface area contributed by atoms with Crippen LogP contribution in [0.25, 0.3) is 0 Å². The van der Waals surface area contributed by atoms with Crippen molar-refractivity contribution in [2.24, 2.45) is 0 Å². The molecule has 0 unspecified atom stereocenters. The summed E-state index contributed by atoms with van der Waals surface area (Å²) < 4.78 is 5.45. The van der Waals surface area contributed by atoms with Gasteiger partial charge in [0.1, 0.15) is 11.5 Å². The SMILES string of the molecule is CCc1onc(C)c1[C@H]1CCCN1Cc1ccccc1O.